The Morgan fingerprint density at radius 3 is 2.04 bits per heavy atom. The van der Waals surface area contributed by atoms with Crippen molar-refractivity contribution in [1.29, 1.82) is 0 Å². The van der Waals surface area contributed by atoms with E-state index in [0.29, 0.717) is 11.3 Å². The smallest absolute Gasteiger partial charge is 0.330 e. The summed E-state index contributed by atoms with van der Waals surface area (Å²) in [5, 5.41) is 2.56. The number of hydrogen-bond donors (Lipinski definition) is 2. The molecule has 0 aliphatic carbocycles. The Bertz CT molecular complexity index is 1580. The molecule has 1 aromatic rings. The minimum Gasteiger partial charge on any atom is -0.495 e. The van der Waals surface area contributed by atoms with Gasteiger partial charge >= 0.3 is 6.03 Å². The van der Waals surface area contributed by atoms with Gasteiger partial charge in [-0.2, -0.15) is 4.99 Å². The number of carbonyl (C=O) groups is 5. The van der Waals surface area contributed by atoms with E-state index in [1.807, 2.05) is 0 Å². The van der Waals surface area contributed by atoms with Gasteiger partial charge in [-0.25, -0.2) is 22.8 Å². The first-order chi connectivity index (χ1) is 24.3. The fourth-order valence-electron chi connectivity index (χ4n) is 6.45. The standard InChI is InChI=1S/C35H54N6O9S/c1-8-11-12-13-14-15-16-17-18-19-22-36-51(47,48)24-20-21-26(49-6)25(23-24)37-29(42)27(41-30(43)31(50-7)40(5)34(41)46)28-38-32(44)35(9-2,10-3)33(45)39(28)4/h20-21,23,27,31,36H,8-19,22H2,1-7H3,(H,37,42). The number of methoxy groups -OCH3 is 2. The topological polar surface area (TPSA) is 184 Å². The molecule has 0 spiro atoms. The zero-order valence-electron chi connectivity index (χ0n) is 31.0. The largest absolute Gasteiger partial charge is 0.495 e. The van der Waals surface area contributed by atoms with Crippen molar-refractivity contribution in [3.05, 3.63) is 18.2 Å². The second-order valence-electron chi connectivity index (χ2n) is 13.0. The third kappa shape index (κ3) is 9.13. The maximum absolute atomic E-state index is 14.2. The number of carbonyl (C=O) groups excluding carboxylic acids is 5. The van der Waals surface area contributed by atoms with Gasteiger partial charge in [-0.15, -0.1) is 0 Å². The summed E-state index contributed by atoms with van der Waals surface area (Å²) in [6.45, 7) is 5.76. The van der Waals surface area contributed by atoms with Gasteiger partial charge < -0.3 is 19.7 Å². The van der Waals surface area contributed by atoms with Crippen LogP contribution in [0.4, 0.5) is 10.5 Å². The monoisotopic (exact) mass is 734 g/mol. The van der Waals surface area contributed by atoms with Crippen LogP contribution >= 0.6 is 0 Å². The van der Waals surface area contributed by atoms with Crippen LogP contribution in [0.25, 0.3) is 0 Å². The number of likely N-dealkylation sites (N-methyl/N-ethyl adjacent to an activating group) is 2. The predicted octanol–water partition coefficient (Wildman–Crippen LogP) is 4.27. The minimum atomic E-state index is -4.01. The Hall–Kier alpha value is -3.89. The summed E-state index contributed by atoms with van der Waals surface area (Å²) in [6.07, 6.45) is 9.99. The number of sulfonamides is 1. The molecule has 3 rings (SSSR count). The van der Waals surface area contributed by atoms with E-state index in [2.05, 4.69) is 22.0 Å². The molecular weight excluding hydrogens is 680 g/mol. The Morgan fingerprint density at radius 1 is 0.922 bits per heavy atom. The van der Waals surface area contributed by atoms with Gasteiger partial charge in [-0.3, -0.25) is 24.1 Å². The highest BCUT2D eigenvalue weighted by atomic mass is 32.2. The van der Waals surface area contributed by atoms with Crippen molar-refractivity contribution in [2.45, 2.75) is 115 Å². The maximum atomic E-state index is 14.2. The molecule has 51 heavy (non-hydrogen) atoms. The SMILES string of the molecule is CCCCCCCCCCCCNS(=O)(=O)c1ccc(OC)c(NC(=O)C(C2=NC(=O)C(CC)(CC)C(=O)N2C)N2C(=O)C(OC)N(C)C2=O)c1. The van der Waals surface area contributed by atoms with Gasteiger partial charge in [0.2, 0.25) is 22.2 Å². The molecule has 2 atom stereocenters. The van der Waals surface area contributed by atoms with E-state index in [0.717, 1.165) is 29.1 Å². The van der Waals surface area contributed by atoms with Gasteiger partial charge in [0.05, 0.1) is 17.7 Å². The van der Waals surface area contributed by atoms with Crippen molar-refractivity contribution in [2.75, 3.05) is 40.2 Å². The zero-order chi connectivity index (χ0) is 37.9. The Morgan fingerprint density at radius 2 is 1.51 bits per heavy atom. The van der Waals surface area contributed by atoms with E-state index >= 15 is 0 Å². The van der Waals surface area contributed by atoms with Crippen LogP contribution in [0.15, 0.2) is 28.1 Å². The van der Waals surface area contributed by atoms with Crippen LogP contribution in [0.1, 0.15) is 97.8 Å². The number of ether oxygens (including phenoxy) is 2. The van der Waals surface area contributed by atoms with Crippen LogP contribution < -0.4 is 14.8 Å². The summed E-state index contributed by atoms with van der Waals surface area (Å²) in [5.41, 5.74) is -1.57. The number of hydrogen-bond acceptors (Lipinski definition) is 9. The van der Waals surface area contributed by atoms with Crippen LogP contribution in [-0.4, -0.2) is 106 Å². The number of nitrogens with zero attached hydrogens (tertiary/aromatic N) is 4. The molecular formula is C35H54N6O9S. The molecule has 6 amide bonds. The van der Waals surface area contributed by atoms with Crippen molar-refractivity contribution in [2.24, 2.45) is 10.4 Å². The average molecular weight is 735 g/mol. The van der Waals surface area contributed by atoms with Gasteiger partial charge in [0.25, 0.3) is 17.7 Å². The number of urea groups is 1. The number of amidine groups is 1. The van der Waals surface area contributed by atoms with Crippen molar-refractivity contribution in [3.8, 4) is 5.75 Å². The van der Waals surface area contributed by atoms with E-state index in [9.17, 15) is 32.4 Å². The number of amides is 6. The summed E-state index contributed by atoms with van der Waals surface area (Å²) < 4.78 is 39.7. The Labute approximate surface area is 301 Å². The molecule has 2 aliphatic heterocycles. The molecule has 0 aromatic heterocycles. The zero-order valence-corrected chi connectivity index (χ0v) is 31.8. The number of aliphatic imine (C=N–C) groups is 1. The van der Waals surface area contributed by atoms with Gasteiger partial charge in [0, 0.05) is 27.7 Å². The second-order valence-corrected chi connectivity index (χ2v) is 14.7. The maximum Gasteiger partial charge on any atom is 0.330 e. The molecule has 1 aromatic carbocycles. The molecule has 2 N–H and O–H groups in total. The van der Waals surface area contributed by atoms with Crippen molar-refractivity contribution in [3.63, 3.8) is 0 Å². The van der Waals surface area contributed by atoms with Crippen molar-refractivity contribution in [1.82, 2.24) is 19.4 Å². The second kappa shape index (κ2) is 18.6. The third-order valence-electron chi connectivity index (χ3n) is 9.73. The number of benzene rings is 1. The molecule has 2 unspecified atom stereocenters. The number of imide groups is 1. The normalized spacial score (nSPS) is 18.4. The number of nitrogens with one attached hydrogen (secondary N) is 2. The molecule has 284 valence electrons. The lowest BCUT2D eigenvalue weighted by Crippen LogP contribution is -2.62. The van der Waals surface area contributed by atoms with E-state index in [1.165, 1.54) is 85.0 Å². The minimum absolute atomic E-state index is 0.0729. The molecule has 0 saturated carbocycles. The van der Waals surface area contributed by atoms with Crippen molar-refractivity contribution >= 4 is 51.2 Å². The fraction of sp³-hybridized carbons (Fsp3) is 0.657. The van der Waals surface area contributed by atoms with Gasteiger partial charge in [0.1, 0.15) is 17.0 Å². The molecule has 15 nitrogen and oxygen atoms in total. The summed E-state index contributed by atoms with van der Waals surface area (Å²) in [6, 6.07) is 1.01. The van der Waals surface area contributed by atoms with Gasteiger partial charge in [0.15, 0.2) is 6.04 Å². The van der Waals surface area contributed by atoms with Crippen LogP contribution in [0.3, 0.4) is 0 Å². The summed E-state index contributed by atoms with van der Waals surface area (Å²) >= 11 is 0. The lowest BCUT2D eigenvalue weighted by Gasteiger charge is -2.39. The van der Waals surface area contributed by atoms with Gasteiger partial charge in [-0.05, 0) is 37.5 Å². The molecule has 16 heteroatoms. The lowest BCUT2D eigenvalue weighted by molar-refractivity contribution is -0.149. The molecule has 1 fully saturated rings. The molecule has 2 heterocycles. The predicted molar refractivity (Wildman–Crippen MR) is 191 cm³/mol. The van der Waals surface area contributed by atoms with E-state index in [4.69, 9.17) is 9.47 Å². The number of rotatable bonds is 21. The highest BCUT2D eigenvalue weighted by molar-refractivity contribution is 7.89. The lowest BCUT2D eigenvalue weighted by atomic mass is 9.78. The molecule has 2 aliphatic rings. The molecule has 0 radical (unpaired) electrons. The summed E-state index contributed by atoms with van der Waals surface area (Å²) in [7, 11) is 1.12. The van der Waals surface area contributed by atoms with Crippen LogP contribution in [0.2, 0.25) is 0 Å². The van der Waals surface area contributed by atoms with Crippen molar-refractivity contribution < 1.29 is 41.9 Å². The first-order valence-electron chi connectivity index (χ1n) is 17.8. The third-order valence-corrected chi connectivity index (χ3v) is 11.2. The fourth-order valence-corrected chi connectivity index (χ4v) is 7.55. The Kier molecular flexibility index (Phi) is 15.1. The van der Waals surface area contributed by atoms with Crippen LogP contribution in [-0.2, 0) is 33.9 Å². The van der Waals surface area contributed by atoms with Crippen LogP contribution in [0, 0.1) is 5.41 Å². The quantitative estimate of drug-likeness (QED) is 0.106. The van der Waals surface area contributed by atoms with Gasteiger partial charge in [-0.1, -0.05) is 78.6 Å². The average Bonchev–Trinajstić information content (AvgIpc) is 3.32. The summed E-state index contributed by atoms with van der Waals surface area (Å²) in [5.74, 6) is -3.81. The summed E-state index contributed by atoms with van der Waals surface area (Å²) in [4.78, 5) is 74.6. The molecule has 1 saturated heterocycles. The highest BCUT2D eigenvalue weighted by Gasteiger charge is 2.56. The number of unbranched alkanes of at least 4 members (excludes halogenated alkanes) is 9. The highest BCUT2D eigenvalue weighted by Crippen LogP contribution is 2.36. The van der Waals surface area contributed by atoms with E-state index < -0.39 is 63.2 Å². The van der Waals surface area contributed by atoms with E-state index in [-0.39, 0.29) is 35.7 Å². The van der Waals surface area contributed by atoms with E-state index in [1.54, 1.807) is 13.8 Å². The number of anilines is 1. The first kappa shape index (κ1) is 41.5. The van der Waals surface area contributed by atoms with Crippen LogP contribution in [0.5, 0.6) is 5.75 Å². The Balaban J connectivity index is 1.86. The molecule has 0 bridgehead atoms. The first-order valence-corrected chi connectivity index (χ1v) is 19.3.